The Morgan fingerprint density at radius 3 is 2.18 bits per heavy atom. The first-order valence-corrected chi connectivity index (χ1v) is 13.7. The number of likely N-dealkylation sites (tertiary alicyclic amines) is 2. The fourth-order valence-electron chi connectivity index (χ4n) is 5.03. The minimum absolute atomic E-state index is 0.0840. The highest BCUT2D eigenvalue weighted by molar-refractivity contribution is 8.00. The number of carbonyl (C=O) groups is 3. The van der Waals surface area contributed by atoms with E-state index in [9.17, 15) is 14.4 Å². The first kappa shape index (κ1) is 26.5. The normalized spacial score (nSPS) is 22.7. The van der Waals surface area contributed by atoms with Crippen molar-refractivity contribution in [2.24, 2.45) is 0 Å². The molecule has 0 aliphatic carbocycles. The van der Waals surface area contributed by atoms with Crippen molar-refractivity contribution in [3.05, 3.63) is 23.9 Å². The predicted molar refractivity (Wildman–Crippen MR) is 134 cm³/mol. The molecule has 7 nitrogen and oxygen atoms in total. The van der Waals surface area contributed by atoms with Crippen molar-refractivity contribution in [2.75, 3.05) is 13.1 Å². The quantitative estimate of drug-likeness (QED) is 0.389. The zero-order chi connectivity index (χ0) is 24.7. The number of carbonyl (C=O) groups excluding carboxylic acids is 3. The van der Waals surface area contributed by atoms with Crippen LogP contribution in [0.2, 0.25) is 0 Å². The van der Waals surface area contributed by atoms with Crippen LogP contribution in [0.3, 0.4) is 0 Å². The molecule has 34 heavy (non-hydrogen) atoms. The molecule has 2 aliphatic heterocycles. The number of aromatic nitrogens is 1. The summed E-state index contributed by atoms with van der Waals surface area (Å²) in [5.74, 6) is -0.636. The molecule has 0 bridgehead atoms. The van der Waals surface area contributed by atoms with Crippen molar-refractivity contribution in [1.29, 1.82) is 0 Å². The number of ether oxygens (including phenoxy) is 1. The van der Waals surface area contributed by atoms with E-state index in [0.29, 0.717) is 17.1 Å². The Kier molecular flexibility index (Phi) is 9.80. The first-order chi connectivity index (χ1) is 16.4. The number of hydrogen-bond donors (Lipinski definition) is 0. The van der Waals surface area contributed by atoms with Crippen LogP contribution >= 0.6 is 11.8 Å². The summed E-state index contributed by atoms with van der Waals surface area (Å²) in [5.41, 5.74) is 0.295. The van der Waals surface area contributed by atoms with Crippen LogP contribution in [-0.4, -0.2) is 69.1 Å². The van der Waals surface area contributed by atoms with Crippen molar-refractivity contribution >= 4 is 29.5 Å². The zero-order valence-electron chi connectivity index (χ0n) is 21.0. The first-order valence-electron chi connectivity index (χ1n) is 12.8. The van der Waals surface area contributed by atoms with Crippen LogP contribution in [0.4, 0.5) is 0 Å². The fraction of sp³-hybridized carbons (Fsp3) is 0.692. The van der Waals surface area contributed by atoms with Gasteiger partial charge in [0.15, 0.2) is 6.10 Å². The minimum Gasteiger partial charge on any atom is -0.449 e. The van der Waals surface area contributed by atoms with Gasteiger partial charge in [0.2, 0.25) is 5.91 Å². The molecule has 188 valence electrons. The van der Waals surface area contributed by atoms with Crippen molar-refractivity contribution < 1.29 is 19.1 Å². The Hall–Kier alpha value is -2.09. The monoisotopic (exact) mass is 489 g/mol. The van der Waals surface area contributed by atoms with Gasteiger partial charge in [-0.2, -0.15) is 0 Å². The highest BCUT2D eigenvalue weighted by Crippen LogP contribution is 2.29. The lowest BCUT2D eigenvalue weighted by Crippen LogP contribution is -2.48. The van der Waals surface area contributed by atoms with Crippen molar-refractivity contribution in [1.82, 2.24) is 14.8 Å². The highest BCUT2D eigenvalue weighted by atomic mass is 32.2. The van der Waals surface area contributed by atoms with E-state index < -0.39 is 12.1 Å². The molecule has 2 amide bonds. The average Bonchev–Trinajstić information content (AvgIpc) is 2.87. The van der Waals surface area contributed by atoms with Gasteiger partial charge < -0.3 is 14.5 Å². The minimum atomic E-state index is -0.865. The van der Waals surface area contributed by atoms with Crippen LogP contribution in [0.15, 0.2) is 23.4 Å². The zero-order valence-corrected chi connectivity index (χ0v) is 21.8. The molecule has 0 spiro atoms. The predicted octanol–water partition coefficient (Wildman–Crippen LogP) is 4.69. The van der Waals surface area contributed by atoms with Crippen LogP contribution < -0.4 is 0 Å². The maximum atomic E-state index is 13.2. The molecule has 0 saturated carbocycles. The van der Waals surface area contributed by atoms with Crippen molar-refractivity contribution in [3.63, 3.8) is 0 Å². The molecule has 3 rings (SSSR count). The van der Waals surface area contributed by atoms with Gasteiger partial charge in [0.05, 0.1) is 10.8 Å². The molecule has 0 N–H and O–H groups in total. The van der Waals surface area contributed by atoms with Crippen LogP contribution in [0.1, 0.15) is 89.4 Å². The Bertz CT molecular complexity index is 864. The van der Waals surface area contributed by atoms with Gasteiger partial charge in [-0.05, 0) is 77.3 Å². The third-order valence-electron chi connectivity index (χ3n) is 7.02. The van der Waals surface area contributed by atoms with Gasteiger partial charge in [0.25, 0.3) is 5.91 Å². The second-order valence-corrected chi connectivity index (χ2v) is 10.7. The van der Waals surface area contributed by atoms with E-state index in [2.05, 4.69) is 18.8 Å². The summed E-state index contributed by atoms with van der Waals surface area (Å²) in [7, 11) is 0. The molecule has 2 saturated heterocycles. The summed E-state index contributed by atoms with van der Waals surface area (Å²) < 4.78 is 5.60. The summed E-state index contributed by atoms with van der Waals surface area (Å²) >= 11 is 1.28. The lowest BCUT2D eigenvalue weighted by Gasteiger charge is -2.37. The highest BCUT2D eigenvalue weighted by Gasteiger charge is 2.33. The summed E-state index contributed by atoms with van der Waals surface area (Å²) in [6, 6.07) is 3.82. The molecule has 0 radical (unpaired) electrons. The average molecular weight is 490 g/mol. The Morgan fingerprint density at radius 1 is 1.00 bits per heavy atom. The number of esters is 1. The van der Waals surface area contributed by atoms with Crippen LogP contribution in [0.25, 0.3) is 0 Å². The van der Waals surface area contributed by atoms with E-state index in [0.717, 1.165) is 57.9 Å². The third-order valence-corrected chi connectivity index (χ3v) is 8.13. The molecule has 2 fully saturated rings. The van der Waals surface area contributed by atoms with Gasteiger partial charge in [-0.1, -0.05) is 25.6 Å². The van der Waals surface area contributed by atoms with Crippen molar-refractivity contribution in [2.45, 2.75) is 108 Å². The number of hydrogen-bond acceptors (Lipinski definition) is 6. The van der Waals surface area contributed by atoms with E-state index >= 15 is 0 Å². The van der Waals surface area contributed by atoms with Gasteiger partial charge in [-0.25, -0.2) is 9.78 Å². The van der Waals surface area contributed by atoms with Crippen LogP contribution in [0.5, 0.6) is 0 Å². The number of thioether (sulfide) groups is 1. The van der Waals surface area contributed by atoms with Crippen molar-refractivity contribution in [3.8, 4) is 0 Å². The Balaban J connectivity index is 1.66. The summed E-state index contributed by atoms with van der Waals surface area (Å²) in [6.45, 7) is 9.21. The standard InChI is InChI=1S/C26H39N3O4S/c1-5-20-12-7-9-16-28(20)24(30)18(3)33-26(32)22-14-11-15-27-23(22)34-19(4)25(31)29-17-10-8-13-21(29)6-2/h11,14-15,18-21H,5-10,12-13,16-17H2,1-4H3. The van der Waals surface area contributed by atoms with E-state index in [-0.39, 0.29) is 29.1 Å². The maximum Gasteiger partial charge on any atom is 0.341 e. The summed E-state index contributed by atoms with van der Waals surface area (Å²) in [4.78, 5) is 47.4. The molecular weight excluding hydrogens is 450 g/mol. The van der Waals surface area contributed by atoms with E-state index in [4.69, 9.17) is 4.74 Å². The van der Waals surface area contributed by atoms with E-state index in [1.54, 1.807) is 25.3 Å². The third kappa shape index (κ3) is 6.32. The number of nitrogens with zero attached hydrogens (tertiary/aromatic N) is 3. The van der Waals surface area contributed by atoms with Gasteiger partial charge in [0, 0.05) is 31.4 Å². The number of pyridine rings is 1. The lowest BCUT2D eigenvalue weighted by molar-refractivity contribution is -0.143. The number of piperidine rings is 2. The smallest absolute Gasteiger partial charge is 0.341 e. The molecule has 0 aromatic carbocycles. The largest absolute Gasteiger partial charge is 0.449 e. The molecule has 4 unspecified atom stereocenters. The SMILES string of the molecule is CCC1CCCCN1C(=O)C(C)OC(=O)c1cccnc1SC(C)C(=O)N1CCCCC1CC. The Labute approximate surface area is 208 Å². The lowest BCUT2D eigenvalue weighted by atomic mass is 9.99. The van der Waals surface area contributed by atoms with Gasteiger partial charge in [-0.3, -0.25) is 9.59 Å². The number of amides is 2. The summed E-state index contributed by atoms with van der Waals surface area (Å²) in [6.07, 6.45) is 8.93. The van der Waals surface area contributed by atoms with Gasteiger partial charge in [0.1, 0.15) is 5.03 Å². The Morgan fingerprint density at radius 2 is 1.59 bits per heavy atom. The number of rotatable bonds is 8. The molecule has 2 aliphatic rings. The summed E-state index contributed by atoms with van der Waals surface area (Å²) in [5, 5.41) is 0.0915. The van der Waals surface area contributed by atoms with Gasteiger partial charge in [-0.15, -0.1) is 0 Å². The topological polar surface area (TPSA) is 79.8 Å². The van der Waals surface area contributed by atoms with Crippen LogP contribution in [-0.2, 0) is 14.3 Å². The molecule has 8 heteroatoms. The van der Waals surface area contributed by atoms with E-state index in [1.807, 2.05) is 16.7 Å². The fourth-order valence-corrected chi connectivity index (χ4v) is 6.00. The second-order valence-electron chi connectivity index (χ2n) is 9.34. The molecule has 3 heterocycles. The molecule has 1 aromatic heterocycles. The van der Waals surface area contributed by atoms with Gasteiger partial charge >= 0.3 is 5.97 Å². The second kappa shape index (κ2) is 12.6. The molecule has 1 aromatic rings. The molecule has 4 atom stereocenters. The van der Waals surface area contributed by atoms with E-state index in [1.165, 1.54) is 11.8 Å². The molecular formula is C26H39N3O4S. The maximum absolute atomic E-state index is 13.2. The van der Waals surface area contributed by atoms with Crippen LogP contribution in [0, 0.1) is 0 Å².